The van der Waals surface area contributed by atoms with E-state index in [1.807, 2.05) is 12.1 Å². The first-order valence-electron chi connectivity index (χ1n) is 5.03. The summed E-state index contributed by atoms with van der Waals surface area (Å²) in [5.74, 6) is -0.581. The zero-order chi connectivity index (χ0) is 12.9. The van der Waals surface area contributed by atoms with Gasteiger partial charge in [0.15, 0.2) is 0 Å². The Hall–Kier alpha value is -0.660. The van der Waals surface area contributed by atoms with Crippen molar-refractivity contribution >= 4 is 28.6 Å². The van der Waals surface area contributed by atoms with Gasteiger partial charge in [-0.15, -0.1) is 0 Å². The fourth-order valence-corrected chi connectivity index (χ4v) is 2.51. The molecule has 0 saturated carbocycles. The van der Waals surface area contributed by atoms with Crippen LogP contribution in [0.2, 0.25) is 0 Å². The molecule has 0 atom stereocenters. The Balaban J connectivity index is 2.96. The number of esters is 1. The first-order valence-corrected chi connectivity index (χ1v) is 6.55. The number of benzene rings is 1. The number of ether oxygens (including phenoxy) is 3. The van der Waals surface area contributed by atoms with Crippen LogP contribution >= 0.6 is 22.6 Å². The summed E-state index contributed by atoms with van der Waals surface area (Å²) in [7, 11) is 3.20. The standard InChI is InChI=1S/C12H15IO4/c1-9(14)17-11-6-4-10(5-7-11)12(8-13,15-2)16-3/h4-7H,8H2,1-3H3. The van der Waals surface area contributed by atoms with Crippen molar-refractivity contribution in [3.63, 3.8) is 0 Å². The summed E-state index contributed by atoms with van der Waals surface area (Å²) < 4.78 is 16.4. The Morgan fingerprint density at radius 1 is 1.24 bits per heavy atom. The quantitative estimate of drug-likeness (QED) is 0.269. The van der Waals surface area contributed by atoms with E-state index in [0.717, 1.165) is 5.56 Å². The maximum atomic E-state index is 10.8. The topological polar surface area (TPSA) is 44.8 Å². The maximum absolute atomic E-state index is 10.8. The van der Waals surface area contributed by atoms with Crippen LogP contribution < -0.4 is 4.74 Å². The van der Waals surface area contributed by atoms with E-state index in [0.29, 0.717) is 10.2 Å². The zero-order valence-electron chi connectivity index (χ0n) is 10.0. The lowest BCUT2D eigenvalue weighted by Gasteiger charge is -2.29. The van der Waals surface area contributed by atoms with E-state index in [1.165, 1.54) is 6.92 Å². The van der Waals surface area contributed by atoms with E-state index in [9.17, 15) is 4.79 Å². The van der Waals surface area contributed by atoms with Crippen LogP contribution in [0.3, 0.4) is 0 Å². The average molecular weight is 350 g/mol. The lowest BCUT2D eigenvalue weighted by Crippen LogP contribution is -2.32. The highest BCUT2D eigenvalue weighted by atomic mass is 127. The number of alkyl halides is 1. The van der Waals surface area contributed by atoms with Gasteiger partial charge < -0.3 is 14.2 Å². The zero-order valence-corrected chi connectivity index (χ0v) is 12.2. The molecule has 0 amide bonds. The van der Waals surface area contributed by atoms with Crippen molar-refractivity contribution in [3.8, 4) is 5.75 Å². The first-order chi connectivity index (χ1) is 8.07. The molecule has 0 aromatic heterocycles. The Kier molecular flexibility index (Phi) is 5.35. The van der Waals surface area contributed by atoms with Crippen LogP contribution in [-0.4, -0.2) is 24.6 Å². The minimum absolute atomic E-state index is 0.337. The number of carbonyl (C=O) groups is 1. The molecule has 17 heavy (non-hydrogen) atoms. The largest absolute Gasteiger partial charge is 0.427 e. The molecule has 0 aliphatic carbocycles. The highest BCUT2D eigenvalue weighted by Gasteiger charge is 2.30. The molecule has 1 aromatic carbocycles. The van der Waals surface area contributed by atoms with Crippen LogP contribution in [0.25, 0.3) is 0 Å². The van der Waals surface area contributed by atoms with E-state index in [2.05, 4.69) is 22.6 Å². The molecule has 5 heteroatoms. The molecule has 0 radical (unpaired) electrons. The Labute approximate surface area is 114 Å². The molecule has 1 aromatic rings. The summed E-state index contributed by atoms with van der Waals surface area (Å²) >= 11 is 2.20. The van der Waals surface area contributed by atoms with Gasteiger partial charge in [-0.2, -0.15) is 0 Å². The minimum atomic E-state index is -0.755. The van der Waals surface area contributed by atoms with Crippen molar-refractivity contribution in [2.75, 3.05) is 18.6 Å². The van der Waals surface area contributed by atoms with Gasteiger partial charge in [-0.1, -0.05) is 22.6 Å². The minimum Gasteiger partial charge on any atom is -0.427 e. The second kappa shape index (κ2) is 6.32. The number of rotatable bonds is 5. The molecule has 0 N–H and O–H groups in total. The second-order valence-corrected chi connectivity index (χ2v) is 4.18. The van der Waals surface area contributed by atoms with Crippen LogP contribution in [0, 0.1) is 0 Å². The van der Waals surface area contributed by atoms with Gasteiger partial charge in [-0.25, -0.2) is 0 Å². The normalized spacial score (nSPS) is 11.3. The molecule has 0 spiro atoms. The number of carbonyl (C=O) groups excluding carboxylic acids is 1. The molecule has 94 valence electrons. The Bertz CT molecular complexity index is 362. The lowest BCUT2D eigenvalue weighted by molar-refractivity contribution is -0.195. The summed E-state index contributed by atoms with van der Waals surface area (Å²) in [5, 5.41) is 0. The van der Waals surface area contributed by atoms with Gasteiger partial charge in [-0.3, -0.25) is 4.79 Å². The predicted molar refractivity (Wildman–Crippen MR) is 72.3 cm³/mol. The van der Waals surface area contributed by atoms with Crippen molar-refractivity contribution in [1.29, 1.82) is 0 Å². The second-order valence-electron chi connectivity index (χ2n) is 3.41. The molecule has 1 rings (SSSR count). The summed E-state index contributed by atoms with van der Waals surface area (Å²) in [6.07, 6.45) is 0. The molecule has 0 aliphatic rings. The highest BCUT2D eigenvalue weighted by molar-refractivity contribution is 14.1. The van der Waals surface area contributed by atoms with Crippen LogP contribution in [0.4, 0.5) is 0 Å². The van der Waals surface area contributed by atoms with Crippen molar-refractivity contribution in [2.24, 2.45) is 0 Å². The third kappa shape index (κ3) is 3.40. The molecule has 0 unspecified atom stereocenters. The fraction of sp³-hybridized carbons (Fsp3) is 0.417. The number of halogens is 1. The van der Waals surface area contributed by atoms with Crippen molar-refractivity contribution in [1.82, 2.24) is 0 Å². The van der Waals surface area contributed by atoms with E-state index in [1.54, 1.807) is 26.4 Å². The van der Waals surface area contributed by atoms with Crippen LogP contribution in [-0.2, 0) is 20.1 Å². The van der Waals surface area contributed by atoms with Crippen molar-refractivity contribution in [3.05, 3.63) is 29.8 Å². The van der Waals surface area contributed by atoms with E-state index >= 15 is 0 Å². The number of methoxy groups -OCH3 is 2. The first kappa shape index (κ1) is 14.4. The van der Waals surface area contributed by atoms with Gasteiger partial charge >= 0.3 is 5.97 Å². The van der Waals surface area contributed by atoms with Gasteiger partial charge in [0.2, 0.25) is 5.79 Å². The molecule has 4 nitrogen and oxygen atoms in total. The monoisotopic (exact) mass is 350 g/mol. The molecule has 0 saturated heterocycles. The van der Waals surface area contributed by atoms with Crippen LogP contribution in [0.1, 0.15) is 12.5 Å². The highest BCUT2D eigenvalue weighted by Crippen LogP contribution is 2.29. The van der Waals surface area contributed by atoms with Crippen molar-refractivity contribution in [2.45, 2.75) is 12.7 Å². The summed E-state index contributed by atoms with van der Waals surface area (Å²) in [4.78, 5) is 10.8. The molecule has 0 heterocycles. The van der Waals surface area contributed by atoms with Gasteiger partial charge in [-0.05, 0) is 24.3 Å². The van der Waals surface area contributed by atoms with Gasteiger partial charge in [0.25, 0.3) is 0 Å². The fourth-order valence-electron chi connectivity index (χ4n) is 1.45. The molecule has 0 aliphatic heterocycles. The van der Waals surface area contributed by atoms with Gasteiger partial charge in [0, 0.05) is 26.7 Å². The smallest absolute Gasteiger partial charge is 0.308 e. The predicted octanol–water partition coefficient (Wildman–Crippen LogP) is 2.49. The van der Waals surface area contributed by atoms with E-state index in [-0.39, 0.29) is 5.97 Å². The molecular formula is C12H15IO4. The van der Waals surface area contributed by atoms with Crippen molar-refractivity contribution < 1.29 is 19.0 Å². The average Bonchev–Trinajstić information content (AvgIpc) is 2.33. The van der Waals surface area contributed by atoms with Gasteiger partial charge in [0.1, 0.15) is 5.75 Å². The summed E-state index contributed by atoms with van der Waals surface area (Å²) in [6, 6.07) is 7.08. The molecule has 0 bridgehead atoms. The van der Waals surface area contributed by atoms with Crippen LogP contribution in [0.5, 0.6) is 5.75 Å². The van der Waals surface area contributed by atoms with Gasteiger partial charge in [0.05, 0.1) is 4.43 Å². The Morgan fingerprint density at radius 2 is 1.76 bits per heavy atom. The molecule has 0 fully saturated rings. The summed E-state index contributed by atoms with van der Waals surface area (Å²) in [6.45, 7) is 1.37. The third-order valence-corrected chi connectivity index (χ3v) is 3.40. The van der Waals surface area contributed by atoms with E-state index < -0.39 is 5.79 Å². The number of hydrogen-bond acceptors (Lipinski definition) is 4. The summed E-state index contributed by atoms with van der Waals surface area (Å²) in [5.41, 5.74) is 0.882. The Morgan fingerprint density at radius 3 is 2.12 bits per heavy atom. The number of hydrogen-bond donors (Lipinski definition) is 0. The van der Waals surface area contributed by atoms with E-state index in [4.69, 9.17) is 14.2 Å². The SMILES string of the molecule is COC(CI)(OC)c1ccc(OC(C)=O)cc1. The maximum Gasteiger partial charge on any atom is 0.308 e. The lowest BCUT2D eigenvalue weighted by atomic mass is 10.1. The molecular weight excluding hydrogens is 335 g/mol. The third-order valence-electron chi connectivity index (χ3n) is 2.39. The van der Waals surface area contributed by atoms with Crippen LogP contribution in [0.15, 0.2) is 24.3 Å².